The molecule has 0 aliphatic carbocycles. The third-order valence-electron chi connectivity index (χ3n) is 3.90. The number of benzene rings is 3. The summed E-state index contributed by atoms with van der Waals surface area (Å²) in [6.45, 7) is 0. The molecular weight excluding hydrogens is 365 g/mol. The van der Waals surface area contributed by atoms with Crippen LogP contribution < -0.4 is 32.9 Å². The van der Waals surface area contributed by atoms with Crippen molar-refractivity contribution in [2.75, 3.05) is 6.16 Å². The molecule has 0 unspecified atom stereocenters. The van der Waals surface area contributed by atoms with Crippen LogP contribution in [-0.2, 0) is 0 Å². The van der Waals surface area contributed by atoms with Gasteiger partial charge >= 0.3 is 0 Å². The summed E-state index contributed by atoms with van der Waals surface area (Å²) < 4.78 is 0. The van der Waals surface area contributed by atoms with Crippen LogP contribution in [0.4, 0.5) is 0 Å². The van der Waals surface area contributed by atoms with E-state index >= 15 is 0 Å². The van der Waals surface area contributed by atoms with Gasteiger partial charge in [0, 0.05) is 0 Å². The molecule has 3 heteroatoms. The van der Waals surface area contributed by atoms with Gasteiger partial charge in [-0.2, -0.15) is 5.26 Å². The Hall–Kier alpha value is -1.94. The maximum atomic E-state index is 9.56. The lowest BCUT2D eigenvalue weighted by Gasteiger charge is -2.25. The van der Waals surface area contributed by atoms with Gasteiger partial charge in [0.1, 0.15) is 29.2 Å². The zero-order valence-corrected chi connectivity index (χ0v) is 15.1. The Balaban J connectivity index is 0.00000192. The Kier molecular flexibility index (Phi) is 6.11. The molecule has 0 saturated carbocycles. The van der Waals surface area contributed by atoms with Gasteiger partial charge in [0.05, 0.1) is 0 Å². The minimum Gasteiger partial charge on any atom is -1.00 e. The summed E-state index contributed by atoms with van der Waals surface area (Å²) in [6.07, 6.45) is 0.519. The molecule has 0 bridgehead atoms. The summed E-state index contributed by atoms with van der Waals surface area (Å²) >= 11 is 0. The van der Waals surface area contributed by atoms with E-state index in [-0.39, 0.29) is 17.0 Å². The van der Waals surface area contributed by atoms with Gasteiger partial charge < -0.3 is 17.0 Å². The first-order valence-electron chi connectivity index (χ1n) is 7.30. The van der Waals surface area contributed by atoms with E-state index in [1.54, 1.807) is 0 Å². The molecule has 0 aromatic heterocycles. The van der Waals surface area contributed by atoms with Crippen molar-refractivity contribution in [2.45, 2.75) is 0 Å². The predicted molar refractivity (Wildman–Crippen MR) is 95.6 cm³/mol. The smallest absolute Gasteiger partial charge is 0.159 e. The van der Waals surface area contributed by atoms with Crippen LogP contribution in [-0.4, -0.2) is 6.16 Å². The molecule has 0 radical (unpaired) electrons. The molecule has 0 spiro atoms. The van der Waals surface area contributed by atoms with E-state index in [1.807, 2.05) is 18.2 Å². The van der Waals surface area contributed by atoms with E-state index in [9.17, 15) is 5.26 Å². The first-order chi connectivity index (χ1) is 10.9. The summed E-state index contributed by atoms with van der Waals surface area (Å²) in [7, 11) is -1.91. The normalized spacial score (nSPS) is 10.4. The molecule has 0 amide bonds. The second-order valence-electron chi connectivity index (χ2n) is 5.13. The first kappa shape index (κ1) is 17.4. The third-order valence-corrected chi connectivity index (χ3v) is 8.05. The van der Waals surface area contributed by atoms with Gasteiger partial charge in [0.15, 0.2) is 6.16 Å². The van der Waals surface area contributed by atoms with Crippen LogP contribution >= 0.6 is 7.26 Å². The number of rotatable bonds is 4. The highest BCUT2D eigenvalue weighted by molar-refractivity contribution is 7.95. The predicted octanol–water partition coefficient (Wildman–Crippen LogP) is 0.508. The quantitative estimate of drug-likeness (QED) is 0.604. The number of nitrogens with zero attached hydrogens (tertiary/aromatic N) is 1. The molecule has 0 N–H and O–H groups in total. The highest BCUT2D eigenvalue weighted by Crippen LogP contribution is 2.54. The maximum absolute atomic E-state index is 9.56. The minimum absolute atomic E-state index is 0. The topological polar surface area (TPSA) is 23.8 Å². The highest BCUT2D eigenvalue weighted by Gasteiger charge is 2.45. The number of halogens is 1. The molecule has 1 nitrogen and oxygen atoms in total. The van der Waals surface area contributed by atoms with Crippen LogP contribution in [0, 0.1) is 11.3 Å². The Morgan fingerprint density at radius 1 is 0.609 bits per heavy atom. The fourth-order valence-corrected chi connectivity index (χ4v) is 6.57. The van der Waals surface area contributed by atoms with Crippen molar-refractivity contribution in [1.82, 2.24) is 0 Å². The van der Waals surface area contributed by atoms with Gasteiger partial charge in [-0.25, -0.2) is 0 Å². The first-order valence-corrected chi connectivity index (χ1v) is 9.27. The van der Waals surface area contributed by atoms with Gasteiger partial charge in [-0.3, -0.25) is 0 Å². The highest BCUT2D eigenvalue weighted by atomic mass is 79.9. The number of nitriles is 1. The van der Waals surface area contributed by atoms with E-state index in [2.05, 4.69) is 78.9 Å². The molecule has 3 aromatic carbocycles. The molecule has 23 heavy (non-hydrogen) atoms. The average Bonchev–Trinajstić information content (AvgIpc) is 2.62. The van der Waals surface area contributed by atoms with Gasteiger partial charge in [0.2, 0.25) is 0 Å². The van der Waals surface area contributed by atoms with Crippen LogP contribution in [0.15, 0.2) is 91.0 Å². The molecule has 3 rings (SSSR count). The van der Waals surface area contributed by atoms with Crippen molar-refractivity contribution in [3.63, 3.8) is 0 Å². The fraction of sp³-hybridized carbons (Fsp3) is 0.0500. The van der Waals surface area contributed by atoms with Crippen LogP contribution in [0.1, 0.15) is 0 Å². The van der Waals surface area contributed by atoms with Crippen molar-refractivity contribution in [1.29, 1.82) is 5.26 Å². The van der Waals surface area contributed by atoms with Crippen molar-refractivity contribution < 1.29 is 17.0 Å². The van der Waals surface area contributed by atoms with Gasteiger partial charge in [0.25, 0.3) is 0 Å². The Labute approximate surface area is 148 Å². The van der Waals surface area contributed by atoms with E-state index in [4.69, 9.17) is 0 Å². The Morgan fingerprint density at radius 3 is 1.17 bits per heavy atom. The lowest BCUT2D eigenvalue weighted by molar-refractivity contribution is -0.00000450. The molecule has 0 aliphatic rings. The zero-order valence-electron chi connectivity index (χ0n) is 12.6. The molecule has 3 aromatic rings. The molecule has 0 heterocycles. The van der Waals surface area contributed by atoms with E-state index < -0.39 is 7.26 Å². The monoisotopic (exact) mass is 381 g/mol. The van der Waals surface area contributed by atoms with Crippen LogP contribution in [0.25, 0.3) is 0 Å². The zero-order chi connectivity index (χ0) is 15.3. The molecule has 0 fully saturated rings. The van der Waals surface area contributed by atoms with E-state index in [0.29, 0.717) is 6.16 Å². The second-order valence-corrected chi connectivity index (χ2v) is 8.62. The van der Waals surface area contributed by atoms with Gasteiger partial charge in [-0.1, -0.05) is 54.6 Å². The van der Waals surface area contributed by atoms with Gasteiger partial charge in [-0.15, -0.1) is 0 Å². The third kappa shape index (κ3) is 3.37. The summed E-state index contributed by atoms with van der Waals surface area (Å²) in [6, 6.07) is 33.9. The summed E-state index contributed by atoms with van der Waals surface area (Å²) in [4.78, 5) is 0. The second kappa shape index (κ2) is 8.06. The molecule has 0 aliphatic heterocycles. The van der Waals surface area contributed by atoms with Crippen molar-refractivity contribution in [3.05, 3.63) is 91.0 Å². The Morgan fingerprint density at radius 2 is 0.913 bits per heavy atom. The molecule has 114 valence electrons. The number of hydrogen-bond donors (Lipinski definition) is 0. The SMILES string of the molecule is N#CC[P+](c1ccccc1)(c1ccccc1)c1ccccc1.[Br-]. The molecule has 0 saturated heterocycles. The summed E-state index contributed by atoms with van der Waals surface area (Å²) in [5.41, 5.74) is 0. The van der Waals surface area contributed by atoms with Crippen molar-refractivity contribution in [3.8, 4) is 6.07 Å². The largest absolute Gasteiger partial charge is 1.00 e. The summed E-state index contributed by atoms with van der Waals surface area (Å²) in [5.74, 6) is 0. The maximum Gasteiger partial charge on any atom is 0.159 e. The van der Waals surface area contributed by atoms with Crippen molar-refractivity contribution >= 4 is 23.2 Å². The van der Waals surface area contributed by atoms with E-state index in [0.717, 1.165) is 0 Å². The van der Waals surface area contributed by atoms with Gasteiger partial charge in [-0.05, 0) is 36.4 Å². The lowest BCUT2D eigenvalue weighted by atomic mass is 10.4. The lowest BCUT2D eigenvalue weighted by Crippen LogP contribution is -3.00. The fourth-order valence-electron chi connectivity index (χ4n) is 2.87. The standard InChI is InChI=1S/C20H17NP.BrH/c21-16-17-22(18-10-4-1-5-11-18,19-12-6-2-7-13-19)20-14-8-3-9-15-20;/h1-15H,17H2;1H/q+1;/p-1. The van der Waals surface area contributed by atoms with Crippen LogP contribution in [0.5, 0.6) is 0 Å². The molecule has 0 atom stereocenters. The minimum atomic E-state index is -1.91. The average molecular weight is 382 g/mol. The van der Waals surface area contributed by atoms with Crippen LogP contribution in [0.2, 0.25) is 0 Å². The summed E-state index contributed by atoms with van der Waals surface area (Å²) in [5, 5.41) is 13.3. The number of hydrogen-bond acceptors (Lipinski definition) is 1. The molecular formula is C20H17BrNP. The van der Waals surface area contributed by atoms with E-state index in [1.165, 1.54) is 15.9 Å². The van der Waals surface area contributed by atoms with Crippen LogP contribution in [0.3, 0.4) is 0 Å². The van der Waals surface area contributed by atoms with Crippen molar-refractivity contribution in [2.24, 2.45) is 0 Å². The Bertz CT molecular complexity index is 670.